The lowest BCUT2D eigenvalue weighted by Gasteiger charge is -2.35. The number of anilines is 1. The zero-order chi connectivity index (χ0) is 14.0. The third kappa shape index (κ3) is 3.50. The fourth-order valence-corrected chi connectivity index (χ4v) is 3.30. The number of aliphatic hydroxyl groups is 1. The summed E-state index contributed by atoms with van der Waals surface area (Å²) in [5, 5.41) is 12.6. The smallest absolute Gasteiger partial charge is 0.0546 e. The van der Waals surface area contributed by atoms with Crippen LogP contribution in [0.25, 0.3) is 0 Å². The molecule has 1 aliphatic rings. The molecule has 0 spiro atoms. The van der Waals surface area contributed by atoms with Gasteiger partial charge in [-0.05, 0) is 66.4 Å². The minimum absolute atomic E-state index is 0.0688. The molecule has 0 amide bonds. The number of rotatable bonds is 5. The molecular formula is C15H23BrN2O. The summed E-state index contributed by atoms with van der Waals surface area (Å²) in [7, 11) is 4.09. The van der Waals surface area contributed by atoms with Crippen LogP contribution in [0.3, 0.4) is 0 Å². The van der Waals surface area contributed by atoms with E-state index < -0.39 is 0 Å². The number of benzene rings is 1. The maximum absolute atomic E-state index is 9.35. The first-order chi connectivity index (χ1) is 9.01. The average molecular weight is 327 g/mol. The van der Waals surface area contributed by atoms with Gasteiger partial charge in [0.1, 0.15) is 0 Å². The minimum atomic E-state index is -0.0688. The van der Waals surface area contributed by atoms with Gasteiger partial charge in [-0.15, -0.1) is 0 Å². The van der Waals surface area contributed by atoms with Crippen molar-refractivity contribution in [2.45, 2.75) is 31.9 Å². The summed E-state index contributed by atoms with van der Waals surface area (Å²) in [6, 6.07) is 6.88. The summed E-state index contributed by atoms with van der Waals surface area (Å²) < 4.78 is 1.13. The molecule has 0 bridgehead atoms. The first-order valence-electron chi connectivity index (χ1n) is 6.87. The van der Waals surface area contributed by atoms with Crippen LogP contribution in [-0.4, -0.2) is 31.9 Å². The Labute approximate surface area is 124 Å². The number of nitrogens with one attached hydrogen (secondary N) is 1. The zero-order valence-corrected chi connectivity index (χ0v) is 13.4. The second-order valence-electron chi connectivity index (χ2n) is 5.59. The molecule has 19 heavy (non-hydrogen) atoms. The van der Waals surface area contributed by atoms with Gasteiger partial charge in [0.25, 0.3) is 0 Å². The first-order valence-corrected chi connectivity index (χ1v) is 7.66. The number of hydrogen-bond donors (Lipinski definition) is 2. The lowest BCUT2D eigenvalue weighted by molar-refractivity contribution is 0.0464. The zero-order valence-electron chi connectivity index (χ0n) is 11.9. The van der Waals surface area contributed by atoms with Crippen LogP contribution in [0.1, 0.15) is 31.4 Å². The van der Waals surface area contributed by atoms with Crippen molar-refractivity contribution in [3.8, 4) is 0 Å². The Kier molecular flexibility index (Phi) is 4.87. The van der Waals surface area contributed by atoms with E-state index >= 15 is 0 Å². The molecule has 1 unspecified atom stereocenters. The summed E-state index contributed by atoms with van der Waals surface area (Å²) in [6.45, 7) is 3.16. The van der Waals surface area contributed by atoms with Gasteiger partial charge in [-0.3, -0.25) is 0 Å². The number of hydrogen-bond acceptors (Lipinski definition) is 3. The number of aliphatic hydroxyl groups excluding tert-OH is 1. The Morgan fingerprint density at radius 3 is 2.68 bits per heavy atom. The van der Waals surface area contributed by atoms with Crippen LogP contribution in [0.2, 0.25) is 0 Å². The standard InChI is InChI=1S/C15H23BrN2O/c1-10(17-2)12-4-5-15(14(16)8-12)18(3)9-11-6-13(19)7-11/h4-5,8,10-11,13,17,19H,6-7,9H2,1-3H3. The van der Waals surface area contributed by atoms with E-state index in [2.05, 4.69) is 58.3 Å². The van der Waals surface area contributed by atoms with Crippen LogP contribution in [-0.2, 0) is 0 Å². The summed E-state index contributed by atoms with van der Waals surface area (Å²) in [4.78, 5) is 2.27. The molecule has 1 saturated carbocycles. The van der Waals surface area contributed by atoms with Gasteiger partial charge < -0.3 is 15.3 Å². The topological polar surface area (TPSA) is 35.5 Å². The lowest BCUT2D eigenvalue weighted by atomic mass is 9.82. The van der Waals surface area contributed by atoms with Crippen molar-refractivity contribution in [2.24, 2.45) is 5.92 Å². The van der Waals surface area contributed by atoms with Crippen molar-refractivity contribution in [1.29, 1.82) is 0 Å². The Morgan fingerprint density at radius 1 is 1.47 bits per heavy atom. The molecule has 0 heterocycles. The van der Waals surface area contributed by atoms with Gasteiger partial charge in [0.15, 0.2) is 0 Å². The van der Waals surface area contributed by atoms with Crippen LogP contribution >= 0.6 is 15.9 Å². The Hall–Kier alpha value is -0.580. The second kappa shape index (κ2) is 6.25. The molecule has 1 fully saturated rings. The van der Waals surface area contributed by atoms with Crippen LogP contribution in [0, 0.1) is 5.92 Å². The summed E-state index contributed by atoms with van der Waals surface area (Å²) in [5.74, 6) is 0.628. The van der Waals surface area contributed by atoms with E-state index in [0.717, 1.165) is 23.9 Å². The second-order valence-corrected chi connectivity index (χ2v) is 6.45. The predicted octanol–water partition coefficient (Wildman–Crippen LogP) is 2.94. The van der Waals surface area contributed by atoms with E-state index in [1.165, 1.54) is 11.3 Å². The fourth-order valence-electron chi connectivity index (χ4n) is 2.60. The van der Waals surface area contributed by atoms with Crippen molar-refractivity contribution in [2.75, 3.05) is 25.5 Å². The van der Waals surface area contributed by atoms with Gasteiger partial charge in [0.2, 0.25) is 0 Å². The molecule has 0 aliphatic heterocycles. The summed E-state index contributed by atoms with van der Waals surface area (Å²) in [5.41, 5.74) is 2.50. The largest absolute Gasteiger partial charge is 0.393 e. The van der Waals surface area contributed by atoms with Gasteiger partial charge >= 0.3 is 0 Å². The molecular weight excluding hydrogens is 304 g/mol. The van der Waals surface area contributed by atoms with Crippen molar-refractivity contribution in [3.63, 3.8) is 0 Å². The number of nitrogens with zero attached hydrogens (tertiary/aromatic N) is 1. The molecule has 1 aliphatic carbocycles. The van der Waals surface area contributed by atoms with Gasteiger partial charge in [0, 0.05) is 24.1 Å². The van der Waals surface area contributed by atoms with E-state index in [0.29, 0.717) is 12.0 Å². The highest BCUT2D eigenvalue weighted by Crippen LogP contribution is 2.32. The van der Waals surface area contributed by atoms with E-state index in [4.69, 9.17) is 0 Å². The Morgan fingerprint density at radius 2 is 2.16 bits per heavy atom. The molecule has 0 aromatic heterocycles. The third-order valence-corrected chi connectivity index (χ3v) is 4.69. The normalized spacial score (nSPS) is 23.8. The van der Waals surface area contributed by atoms with Crippen molar-refractivity contribution in [3.05, 3.63) is 28.2 Å². The first kappa shape index (κ1) is 14.8. The molecule has 1 atom stereocenters. The third-order valence-electron chi connectivity index (χ3n) is 4.06. The van der Waals surface area contributed by atoms with Gasteiger partial charge in [0.05, 0.1) is 11.8 Å². The molecule has 4 heteroatoms. The highest BCUT2D eigenvalue weighted by Gasteiger charge is 2.28. The van der Waals surface area contributed by atoms with E-state index in [9.17, 15) is 5.11 Å². The van der Waals surface area contributed by atoms with Gasteiger partial charge in [-0.1, -0.05) is 6.07 Å². The van der Waals surface area contributed by atoms with Crippen LogP contribution in [0.15, 0.2) is 22.7 Å². The Bertz CT molecular complexity index is 432. The Balaban J connectivity index is 2.03. The minimum Gasteiger partial charge on any atom is -0.393 e. The van der Waals surface area contributed by atoms with E-state index in [-0.39, 0.29) is 6.10 Å². The van der Waals surface area contributed by atoms with Crippen LogP contribution in [0.5, 0.6) is 0 Å². The fraction of sp³-hybridized carbons (Fsp3) is 0.600. The molecule has 2 rings (SSSR count). The quantitative estimate of drug-likeness (QED) is 0.873. The monoisotopic (exact) mass is 326 g/mol. The SMILES string of the molecule is CNC(C)c1ccc(N(C)CC2CC(O)C2)c(Br)c1. The van der Waals surface area contributed by atoms with E-state index in [1.807, 2.05) is 7.05 Å². The molecule has 1 aromatic rings. The van der Waals surface area contributed by atoms with Crippen LogP contribution in [0.4, 0.5) is 5.69 Å². The predicted molar refractivity (Wildman–Crippen MR) is 83.6 cm³/mol. The highest BCUT2D eigenvalue weighted by atomic mass is 79.9. The van der Waals surface area contributed by atoms with Crippen LogP contribution < -0.4 is 10.2 Å². The van der Waals surface area contributed by atoms with Gasteiger partial charge in [-0.25, -0.2) is 0 Å². The molecule has 0 radical (unpaired) electrons. The summed E-state index contributed by atoms with van der Waals surface area (Å²) >= 11 is 3.67. The maximum atomic E-state index is 9.35. The average Bonchev–Trinajstić information content (AvgIpc) is 2.35. The van der Waals surface area contributed by atoms with Crippen molar-refractivity contribution in [1.82, 2.24) is 5.32 Å². The highest BCUT2D eigenvalue weighted by molar-refractivity contribution is 9.10. The van der Waals surface area contributed by atoms with Crippen molar-refractivity contribution >= 4 is 21.6 Å². The molecule has 1 aromatic carbocycles. The lowest BCUT2D eigenvalue weighted by Crippen LogP contribution is -2.37. The molecule has 3 nitrogen and oxygen atoms in total. The van der Waals surface area contributed by atoms with E-state index in [1.54, 1.807) is 0 Å². The van der Waals surface area contributed by atoms with Gasteiger partial charge in [-0.2, -0.15) is 0 Å². The molecule has 0 saturated heterocycles. The molecule has 106 valence electrons. The summed E-state index contributed by atoms with van der Waals surface area (Å²) in [6.07, 6.45) is 1.81. The molecule has 2 N–H and O–H groups in total. The number of halogens is 1. The maximum Gasteiger partial charge on any atom is 0.0546 e. The van der Waals surface area contributed by atoms with Crippen molar-refractivity contribution < 1.29 is 5.11 Å².